The summed E-state index contributed by atoms with van der Waals surface area (Å²) in [7, 11) is 0. The van der Waals surface area contributed by atoms with Crippen LogP contribution in [0.2, 0.25) is 0 Å². The number of hydrogen-bond donors (Lipinski definition) is 2. The molecule has 0 radical (unpaired) electrons. The van der Waals surface area contributed by atoms with Gasteiger partial charge in [0.1, 0.15) is 11.5 Å². The maximum atomic E-state index is 11.3. The molecular weight excluding hydrogens is 280 g/mol. The summed E-state index contributed by atoms with van der Waals surface area (Å²) >= 11 is 0. The van der Waals surface area contributed by atoms with Crippen molar-refractivity contribution in [3.8, 4) is 17.3 Å². The van der Waals surface area contributed by atoms with Gasteiger partial charge in [-0.3, -0.25) is 9.36 Å². The number of carbonyl (C=O) groups excluding carboxylic acids is 1. The quantitative estimate of drug-likeness (QED) is 0.751. The van der Waals surface area contributed by atoms with Crippen molar-refractivity contribution in [2.24, 2.45) is 0 Å². The van der Waals surface area contributed by atoms with Crippen LogP contribution in [0.15, 0.2) is 48.9 Å². The topological polar surface area (TPSA) is 84.7 Å². The first-order valence-electron chi connectivity index (χ1n) is 6.81. The SMILES string of the molecule is O=C1CNc2nc(-n3ccnc3-c3ccccc3)ncc2N1. The summed E-state index contributed by atoms with van der Waals surface area (Å²) in [5.41, 5.74) is 1.57. The second kappa shape index (κ2) is 4.96. The minimum Gasteiger partial charge on any atom is -0.359 e. The molecule has 22 heavy (non-hydrogen) atoms. The molecular formula is C15H12N6O. The minimum absolute atomic E-state index is 0.101. The highest BCUT2D eigenvalue weighted by Gasteiger charge is 2.18. The van der Waals surface area contributed by atoms with Gasteiger partial charge in [-0.25, -0.2) is 9.97 Å². The Kier molecular flexibility index (Phi) is 2.82. The monoisotopic (exact) mass is 292 g/mol. The Balaban J connectivity index is 1.78. The molecule has 0 aliphatic carbocycles. The van der Waals surface area contributed by atoms with Crippen LogP contribution in [0.25, 0.3) is 17.3 Å². The number of nitrogens with zero attached hydrogens (tertiary/aromatic N) is 4. The number of imidazole rings is 1. The molecule has 7 heteroatoms. The molecule has 0 fully saturated rings. The summed E-state index contributed by atoms with van der Waals surface area (Å²) in [5, 5.41) is 5.70. The van der Waals surface area contributed by atoms with Gasteiger partial charge in [0, 0.05) is 18.0 Å². The van der Waals surface area contributed by atoms with E-state index in [-0.39, 0.29) is 12.5 Å². The summed E-state index contributed by atoms with van der Waals surface area (Å²) in [6.07, 6.45) is 5.11. The van der Waals surface area contributed by atoms with Crippen LogP contribution >= 0.6 is 0 Å². The van der Waals surface area contributed by atoms with Crippen molar-refractivity contribution in [3.05, 3.63) is 48.9 Å². The fourth-order valence-corrected chi connectivity index (χ4v) is 2.34. The summed E-state index contributed by atoms with van der Waals surface area (Å²) < 4.78 is 1.81. The van der Waals surface area contributed by atoms with E-state index in [1.165, 1.54) is 0 Å². The van der Waals surface area contributed by atoms with Crippen LogP contribution in [0.4, 0.5) is 11.5 Å². The van der Waals surface area contributed by atoms with Crippen molar-refractivity contribution in [2.75, 3.05) is 17.2 Å². The second-order valence-corrected chi connectivity index (χ2v) is 4.82. The average Bonchev–Trinajstić information content (AvgIpc) is 3.05. The molecule has 0 spiro atoms. The Morgan fingerprint density at radius 3 is 2.86 bits per heavy atom. The van der Waals surface area contributed by atoms with Gasteiger partial charge in [-0.2, -0.15) is 4.98 Å². The Bertz CT molecular complexity index is 842. The van der Waals surface area contributed by atoms with E-state index in [0.717, 1.165) is 11.4 Å². The van der Waals surface area contributed by atoms with Crippen LogP contribution in [-0.4, -0.2) is 32.0 Å². The van der Waals surface area contributed by atoms with Crippen LogP contribution in [0.1, 0.15) is 0 Å². The van der Waals surface area contributed by atoms with Crippen molar-refractivity contribution >= 4 is 17.4 Å². The van der Waals surface area contributed by atoms with Crippen LogP contribution in [-0.2, 0) is 4.79 Å². The first kappa shape index (κ1) is 12.5. The third kappa shape index (κ3) is 2.08. The van der Waals surface area contributed by atoms with Gasteiger partial charge in [-0.15, -0.1) is 0 Å². The highest BCUT2D eigenvalue weighted by atomic mass is 16.2. The molecule has 3 aromatic rings. The highest BCUT2D eigenvalue weighted by Crippen LogP contribution is 2.24. The molecule has 108 valence electrons. The Hall–Kier alpha value is -3.22. The van der Waals surface area contributed by atoms with Gasteiger partial charge in [0.2, 0.25) is 11.9 Å². The maximum absolute atomic E-state index is 11.3. The number of nitrogens with one attached hydrogen (secondary N) is 2. The summed E-state index contributed by atoms with van der Waals surface area (Å²) in [5.74, 6) is 1.77. The van der Waals surface area contributed by atoms with Gasteiger partial charge in [0.05, 0.1) is 12.7 Å². The Labute approximate surface area is 126 Å². The van der Waals surface area contributed by atoms with E-state index in [2.05, 4.69) is 25.6 Å². The van der Waals surface area contributed by atoms with Crippen molar-refractivity contribution in [2.45, 2.75) is 0 Å². The van der Waals surface area contributed by atoms with Crippen molar-refractivity contribution in [1.82, 2.24) is 19.5 Å². The van der Waals surface area contributed by atoms with E-state index in [9.17, 15) is 4.79 Å². The first-order valence-corrected chi connectivity index (χ1v) is 6.81. The summed E-state index contributed by atoms with van der Waals surface area (Å²) in [6.45, 7) is 0.207. The molecule has 0 saturated carbocycles. The first-order chi connectivity index (χ1) is 10.8. The van der Waals surface area contributed by atoms with Gasteiger partial charge in [0.15, 0.2) is 5.82 Å². The third-order valence-electron chi connectivity index (χ3n) is 3.35. The number of rotatable bonds is 2. The molecule has 0 saturated heterocycles. The number of aromatic nitrogens is 4. The fourth-order valence-electron chi connectivity index (χ4n) is 2.34. The van der Waals surface area contributed by atoms with E-state index in [1.807, 2.05) is 41.1 Å². The maximum Gasteiger partial charge on any atom is 0.243 e. The predicted octanol–water partition coefficient (Wildman–Crippen LogP) is 1.69. The second-order valence-electron chi connectivity index (χ2n) is 4.82. The number of anilines is 2. The molecule has 0 bridgehead atoms. The number of amides is 1. The van der Waals surface area contributed by atoms with Crippen molar-refractivity contribution in [3.63, 3.8) is 0 Å². The Morgan fingerprint density at radius 2 is 2.00 bits per heavy atom. The molecule has 1 amide bonds. The number of hydrogen-bond acceptors (Lipinski definition) is 5. The van der Waals surface area contributed by atoms with E-state index in [4.69, 9.17) is 0 Å². The standard InChI is InChI=1S/C15H12N6O/c22-12-9-17-13-11(19-12)8-18-15(20-13)21-7-6-16-14(21)10-4-2-1-3-5-10/h1-8H,9H2,(H,19,22)(H,17,18,20). The molecule has 2 N–H and O–H groups in total. The van der Waals surface area contributed by atoms with Crippen LogP contribution in [0.5, 0.6) is 0 Å². The van der Waals surface area contributed by atoms with Crippen molar-refractivity contribution in [1.29, 1.82) is 0 Å². The Morgan fingerprint density at radius 1 is 1.14 bits per heavy atom. The van der Waals surface area contributed by atoms with Gasteiger partial charge >= 0.3 is 0 Å². The number of fused-ring (bicyclic) bond motifs is 1. The third-order valence-corrected chi connectivity index (χ3v) is 3.35. The predicted molar refractivity (Wildman–Crippen MR) is 81.7 cm³/mol. The molecule has 3 heterocycles. The van der Waals surface area contributed by atoms with Gasteiger partial charge in [0.25, 0.3) is 0 Å². The zero-order valence-electron chi connectivity index (χ0n) is 11.5. The van der Waals surface area contributed by atoms with Gasteiger partial charge in [-0.1, -0.05) is 30.3 Å². The zero-order valence-corrected chi connectivity index (χ0v) is 11.5. The molecule has 0 unspecified atom stereocenters. The van der Waals surface area contributed by atoms with Gasteiger partial charge in [-0.05, 0) is 0 Å². The lowest BCUT2D eigenvalue weighted by Crippen LogP contribution is -2.28. The van der Waals surface area contributed by atoms with Crippen LogP contribution in [0.3, 0.4) is 0 Å². The minimum atomic E-state index is -0.101. The largest absolute Gasteiger partial charge is 0.359 e. The van der Waals surface area contributed by atoms with Gasteiger partial charge < -0.3 is 10.6 Å². The summed E-state index contributed by atoms with van der Waals surface area (Å²) in [4.78, 5) is 24.5. The number of benzene rings is 1. The zero-order chi connectivity index (χ0) is 14.9. The summed E-state index contributed by atoms with van der Waals surface area (Å²) in [6, 6.07) is 9.84. The lowest BCUT2D eigenvalue weighted by molar-refractivity contribution is -0.114. The molecule has 7 nitrogen and oxygen atoms in total. The molecule has 2 aromatic heterocycles. The smallest absolute Gasteiger partial charge is 0.243 e. The fraction of sp³-hybridized carbons (Fsp3) is 0.0667. The van der Waals surface area contributed by atoms with Crippen LogP contribution < -0.4 is 10.6 Å². The highest BCUT2D eigenvalue weighted by molar-refractivity contribution is 5.99. The molecule has 0 atom stereocenters. The van der Waals surface area contributed by atoms with E-state index in [1.54, 1.807) is 12.4 Å². The van der Waals surface area contributed by atoms with Crippen LogP contribution in [0, 0.1) is 0 Å². The van der Waals surface area contributed by atoms with E-state index < -0.39 is 0 Å². The normalized spacial score (nSPS) is 13.2. The van der Waals surface area contributed by atoms with Crippen molar-refractivity contribution < 1.29 is 4.79 Å². The average molecular weight is 292 g/mol. The van der Waals surface area contributed by atoms with E-state index in [0.29, 0.717) is 17.5 Å². The molecule has 4 rings (SSSR count). The molecule has 1 aliphatic heterocycles. The molecule has 1 aliphatic rings. The number of carbonyl (C=O) groups is 1. The van der Waals surface area contributed by atoms with E-state index >= 15 is 0 Å². The lowest BCUT2D eigenvalue weighted by Gasteiger charge is -2.17. The lowest BCUT2D eigenvalue weighted by atomic mass is 10.2. The molecule has 1 aromatic carbocycles.